The Balaban J connectivity index is 2.26. The maximum absolute atomic E-state index is 11.1. The summed E-state index contributed by atoms with van der Waals surface area (Å²) in [6.45, 7) is 1.81. The Hall–Kier alpha value is -1.35. The first-order chi connectivity index (χ1) is 6.70. The minimum absolute atomic E-state index is 0.176. The maximum Gasteiger partial charge on any atom is 0.336 e. The molecule has 1 saturated heterocycles. The van der Waals surface area contributed by atoms with E-state index in [4.69, 9.17) is 4.74 Å². The van der Waals surface area contributed by atoms with Gasteiger partial charge in [0.2, 0.25) is 0 Å². The molecule has 1 N–H and O–H groups in total. The molecule has 3 heteroatoms. The minimum Gasteiger partial charge on any atom is -0.455 e. The first kappa shape index (κ1) is 9.21. The van der Waals surface area contributed by atoms with Crippen LogP contribution in [0.3, 0.4) is 0 Å². The second-order valence-electron chi connectivity index (χ2n) is 3.57. The Morgan fingerprint density at radius 3 is 2.43 bits per heavy atom. The van der Waals surface area contributed by atoms with Crippen LogP contribution in [-0.2, 0) is 9.53 Å². The summed E-state index contributed by atoms with van der Waals surface area (Å²) in [5.74, 6) is -0.698. The summed E-state index contributed by atoms with van der Waals surface area (Å²) in [4.78, 5) is 11.1. The van der Waals surface area contributed by atoms with Gasteiger partial charge in [-0.05, 0) is 5.56 Å². The minimum atomic E-state index is -0.986. The van der Waals surface area contributed by atoms with E-state index in [-0.39, 0.29) is 12.0 Å². The van der Waals surface area contributed by atoms with Gasteiger partial charge in [-0.25, -0.2) is 4.79 Å². The third-order valence-corrected chi connectivity index (χ3v) is 2.59. The molecule has 2 rings (SSSR count). The van der Waals surface area contributed by atoms with Crippen molar-refractivity contribution in [1.82, 2.24) is 0 Å². The summed E-state index contributed by atoms with van der Waals surface area (Å²) in [5, 5.41) is 9.42. The number of hydrogen-bond acceptors (Lipinski definition) is 3. The Labute approximate surface area is 82.3 Å². The number of esters is 1. The largest absolute Gasteiger partial charge is 0.455 e. The molecule has 0 radical (unpaired) electrons. The normalized spacial score (nSPS) is 31.6. The van der Waals surface area contributed by atoms with Crippen molar-refractivity contribution in [2.45, 2.75) is 19.1 Å². The Morgan fingerprint density at radius 1 is 1.29 bits per heavy atom. The van der Waals surface area contributed by atoms with Crippen molar-refractivity contribution in [3.63, 3.8) is 0 Å². The summed E-state index contributed by atoms with van der Waals surface area (Å²) in [6.07, 6.45) is -1.29. The molecule has 1 fully saturated rings. The lowest BCUT2D eigenvalue weighted by atomic mass is 9.95. The zero-order chi connectivity index (χ0) is 10.1. The fourth-order valence-corrected chi connectivity index (χ4v) is 1.70. The van der Waals surface area contributed by atoms with Crippen LogP contribution in [0, 0.1) is 5.92 Å². The van der Waals surface area contributed by atoms with Crippen LogP contribution in [0.4, 0.5) is 0 Å². The van der Waals surface area contributed by atoms with Crippen molar-refractivity contribution in [2.75, 3.05) is 0 Å². The second kappa shape index (κ2) is 3.42. The molecule has 0 amide bonds. The molecule has 74 valence electrons. The lowest BCUT2D eigenvalue weighted by molar-refractivity contribution is -0.147. The summed E-state index contributed by atoms with van der Waals surface area (Å²) >= 11 is 0. The van der Waals surface area contributed by atoms with Crippen molar-refractivity contribution in [2.24, 2.45) is 5.92 Å². The third-order valence-electron chi connectivity index (χ3n) is 2.59. The number of benzene rings is 1. The standard InChI is InChI=1S/C11H12O3/c1-7-9(12)11(13)14-10(7)8-5-3-2-4-6-8/h2-7,9-10,12H,1H3/t7-,9+,10-/m1/s1. The third kappa shape index (κ3) is 1.40. The molecule has 1 aliphatic rings. The number of aliphatic hydroxyl groups is 1. The molecule has 0 aromatic heterocycles. The quantitative estimate of drug-likeness (QED) is 0.682. The number of hydrogen-bond donors (Lipinski definition) is 1. The zero-order valence-corrected chi connectivity index (χ0v) is 7.88. The van der Waals surface area contributed by atoms with Gasteiger partial charge in [-0.1, -0.05) is 37.3 Å². The van der Waals surface area contributed by atoms with E-state index in [0.29, 0.717) is 0 Å². The van der Waals surface area contributed by atoms with E-state index in [1.165, 1.54) is 0 Å². The average molecular weight is 192 g/mol. The molecule has 0 aliphatic carbocycles. The van der Waals surface area contributed by atoms with Gasteiger partial charge in [0.05, 0.1) is 0 Å². The van der Waals surface area contributed by atoms with Crippen molar-refractivity contribution in [1.29, 1.82) is 0 Å². The lowest BCUT2D eigenvalue weighted by Crippen LogP contribution is -2.19. The molecule has 14 heavy (non-hydrogen) atoms. The number of ether oxygens (including phenoxy) is 1. The highest BCUT2D eigenvalue weighted by Crippen LogP contribution is 2.34. The van der Waals surface area contributed by atoms with Crippen LogP contribution < -0.4 is 0 Å². The number of rotatable bonds is 1. The molecule has 3 atom stereocenters. The topological polar surface area (TPSA) is 46.5 Å². The van der Waals surface area contributed by atoms with Gasteiger partial charge in [-0.3, -0.25) is 0 Å². The first-order valence-corrected chi connectivity index (χ1v) is 4.63. The molecular formula is C11H12O3. The van der Waals surface area contributed by atoms with E-state index in [9.17, 15) is 9.90 Å². The highest BCUT2D eigenvalue weighted by molar-refractivity contribution is 5.77. The van der Waals surface area contributed by atoms with Gasteiger partial charge in [0, 0.05) is 5.92 Å². The Morgan fingerprint density at radius 2 is 1.93 bits per heavy atom. The predicted molar refractivity (Wildman–Crippen MR) is 50.4 cm³/mol. The molecule has 0 bridgehead atoms. The van der Waals surface area contributed by atoms with Crippen LogP contribution in [0.25, 0.3) is 0 Å². The van der Waals surface area contributed by atoms with Crippen LogP contribution in [0.15, 0.2) is 30.3 Å². The predicted octanol–water partition coefficient (Wildman–Crippen LogP) is 1.28. The van der Waals surface area contributed by atoms with Crippen LogP contribution in [-0.4, -0.2) is 17.2 Å². The smallest absolute Gasteiger partial charge is 0.336 e. The molecule has 1 aromatic rings. The summed E-state index contributed by atoms with van der Waals surface area (Å²) in [6, 6.07) is 9.47. The molecule has 1 aromatic carbocycles. The van der Waals surface area contributed by atoms with E-state index >= 15 is 0 Å². The van der Waals surface area contributed by atoms with Crippen LogP contribution >= 0.6 is 0 Å². The van der Waals surface area contributed by atoms with Crippen molar-refractivity contribution >= 4 is 5.97 Å². The van der Waals surface area contributed by atoms with E-state index in [2.05, 4.69) is 0 Å². The van der Waals surface area contributed by atoms with E-state index in [1.54, 1.807) is 0 Å². The Bertz CT molecular complexity index is 334. The number of carbonyl (C=O) groups excluding carboxylic acids is 1. The molecular weight excluding hydrogens is 180 g/mol. The number of cyclic esters (lactones) is 1. The Kier molecular flexibility index (Phi) is 2.25. The SMILES string of the molecule is C[C@@H]1[C@H](O)C(=O)O[C@H]1c1ccccc1. The first-order valence-electron chi connectivity index (χ1n) is 4.63. The van der Waals surface area contributed by atoms with Gasteiger partial charge in [0.25, 0.3) is 0 Å². The van der Waals surface area contributed by atoms with Gasteiger partial charge in [0.1, 0.15) is 6.10 Å². The zero-order valence-electron chi connectivity index (χ0n) is 7.88. The summed E-state index contributed by atoms with van der Waals surface area (Å²) in [7, 11) is 0. The van der Waals surface area contributed by atoms with Crippen LogP contribution in [0.5, 0.6) is 0 Å². The summed E-state index contributed by atoms with van der Waals surface area (Å²) < 4.78 is 5.08. The number of aliphatic hydroxyl groups excluding tert-OH is 1. The van der Waals surface area contributed by atoms with Crippen molar-refractivity contribution in [3.8, 4) is 0 Å². The molecule has 1 aliphatic heterocycles. The van der Waals surface area contributed by atoms with Gasteiger partial charge < -0.3 is 9.84 Å². The molecule has 0 spiro atoms. The van der Waals surface area contributed by atoms with Crippen molar-refractivity contribution in [3.05, 3.63) is 35.9 Å². The van der Waals surface area contributed by atoms with E-state index in [0.717, 1.165) is 5.56 Å². The molecule has 3 nitrogen and oxygen atoms in total. The van der Waals surface area contributed by atoms with Crippen molar-refractivity contribution < 1.29 is 14.6 Å². The van der Waals surface area contributed by atoms with Gasteiger partial charge in [-0.2, -0.15) is 0 Å². The van der Waals surface area contributed by atoms with Crippen LogP contribution in [0.2, 0.25) is 0 Å². The summed E-state index contributed by atoms with van der Waals surface area (Å²) in [5.41, 5.74) is 0.935. The fourth-order valence-electron chi connectivity index (χ4n) is 1.70. The average Bonchev–Trinajstić information content (AvgIpc) is 2.47. The van der Waals surface area contributed by atoms with E-state index in [1.807, 2.05) is 37.3 Å². The van der Waals surface area contributed by atoms with Crippen LogP contribution in [0.1, 0.15) is 18.6 Å². The molecule has 0 unspecified atom stereocenters. The number of carbonyl (C=O) groups is 1. The monoisotopic (exact) mass is 192 g/mol. The maximum atomic E-state index is 11.1. The van der Waals surface area contributed by atoms with Gasteiger partial charge in [0.15, 0.2) is 6.10 Å². The fraction of sp³-hybridized carbons (Fsp3) is 0.364. The second-order valence-corrected chi connectivity index (χ2v) is 3.57. The van der Waals surface area contributed by atoms with Gasteiger partial charge in [-0.15, -0.1) is 0 Å². The molecule has 1 heterocycles. The molecule has 0 saturated carbocycles. The van der Waals surface area contributed by atoms with Gasteiger partial charge >= 0.3 is 5.97 Å². The lowest BCUT2D eigenvalue weighted by Gasteiger charge is -2.14. The van der Waals surface area contributed by atoms with E-state index < -0.39 is 12.1 Å². The highest BCUT2D eigenvalue weighted by atomic mass is 16.6. The highest BCUT2D eigenvalue weighted by Gasteiger charge is 2.41.